The van der Waals surface area contributed by atoms with E-state index in [1.807, 2.05) is 0 Å². The Bertz CT molecular complexity index is 572. The van der Waals surface area contributed by atoms with Gasteiger partial charge in [-0.3, -0.25) is 14.8 Å². The molecule has 0 fully saturated rings. The summed E-state index contributed by atoms with van der Waals surface area (Å²) in [6, 6.07) is 5.30. The number of benzene rings is 1. The van der Waals surface area contributed by atoms with E-state index in [4.69, 9.17) is 5.73 Å². The molecule has 2 rings (SSSR count). The second kappa shape index (κ2) is 3.78. The molecular formula is C10H10N4O3. The molecule has 0 spiro atoms. The van der Waals surface area contributed by atoms with Crippen molar-refractivity contribution in [3.63, 3.8) is 0 Å². The lowest BCUT2D eigenvalue weighted by Gasteiger charge is -2.00. The van der Waals surface area contributed by atoms with Gasteiger partial charge >= 0.3 is 0 Å². The minimum absolute atomic E-state index is 0.0603. The lowest BCUT2D eigenvalue weighted by molar-refractivity contribution is -0.384. The van der Waals surface area contributed by atoms with Gasteiger partial charge in [-0.15, -0.1) is 0 Å². The molecule has 88 valence electrons. The summed E-state index contributed by atoms with van der Waals surface area (Å²) in [4.78, 5) is 10.3. The second-order valence-electron chi connectivity index (χ2n) is 3.54. The zero-order valence-electron chi connectivity index (χ0n) is 8.99. The van der Waals surface area contributed by atoms with Crippen LogP contribution in [0.5, 0.6) is 5.75 Å². The summed E-state index contributed by atoms with van der Waals surface area (Å²) in [6.07, 6.45) is 0. The summed E-state index contributed by atoms with van der Waals surface area (Å²) < 4.78 is 1.41. The van der Waals surface area contributed by atoms with E-state index in [9.17, 15) is 15.2 Å². The third-order valence-electron chi connectivity index (χ3n) is 2.37. The summed E-state index contributed by atoms with van der Waals surface area (Å²) in [5, 5.41) is 24.3. The standard InChI is InChI=1S/C10H10N4O3/c1-13-10(11)5-8(12-13)7-4-6(15)2-3-9(7)14(16)17/h2-5,15H,11H2,1H3. The molecule has 0 atom stereocenters. The number of nitro groups is 1. The largest absolute Gasteiger partial charge is 0.508 e. The van der Waals surface area contributed by atoms with E-state index in [0.717, 1.165) is 0 Å². The minimum atomic E-state index is -0.528. The lowest BCUT2D eigenvalue weighted by atomic mass is 10.1. The summed E-state index contributed by atoms with van der Waals surface area (Å²) >= 11 is 0. The molecule has 17 heavy (non-hydrogen) atoms. The number of hydrogen-bond acceptors (Lipinski definition) is 5. The van der Waals surface area contributed by atoms with Gasteiger partial charge < -0.3 is 10.8 Å². The third-order valence-corrected chi connectivity index (χ3v) is 2.37. The van der Waals surface area contributed by atoms with Crippen molar-refractivity contribution >= 4 is 11.5 Å². The lowest BCUT2D eigenvalue weighted by Crippen LogP contribution is -1.97. The highest BCUT2D eigenvalue weighted by Crippen LogP contribution is 2.32. The monoisotopic (exact) mass is 234 g/mol. The summed E-state index contributed by atoms with van der Waals surface area (Å²) in [5.41, 5.74) is 6.08. The molecule has 2 aromatic rings. The number of nitro benzene ring substituents is 1. The molecule has 1 heterocycles. The quantitative estimate of drug-likeness (QED) is 0.601. The predicted molar refractivity (Wildman–Crippen MR) is 61.4 cm³/mol. The van der Waals surface area contributed by atoms with Crippen molar-refractivity contribution in [2.75, 3.05) is 5.73 Å². The van der Waals surface area contributed by atoms with E-state index in [-0.39, 0.29) is 17.0 Å². The molecule has 0 amide bonds. The number of aryl methyl sites for hydroxylation is 1. The second-order valence-corrected chi connectivity index (χ2v) is 3.54. The topological polar surface area (TPSA) is 107 Å². The Morgan fingerprint density at radius 2 is 2.18 bits per heavy atom. The summed E-state index contributed by atoms with van der Waals surface area (Å²) in [7, 11) is 1.63. The first-order chi connectivity index (χ1) is 7.99. The van der Waals surface area contributed by atoms with Crippen LogP contribution in [0.25, 0.3) is 11.3 Å². The van der Waals surface area contributed by atoms with E-state index in [2.05, 4.69) is 5.10 Å². The first-order valence-electron chi connectivity index (χ1n) is 4.76. The Hall–Kier alpha value is -2.57. The molecule has 1 aromatic carbocycles. The van der Waals surface area contributed by atoms with Crippen molar-refractivity contribution in [3.8, 4) is 17.0 Å². The molecule has 0 aliphatic heterocycles. The van der Waals surface area contributed by atoms with Gasteiger partial charge in [-0.25, -0.2) is 0 Å². The maximum Gasteiger partial charge on any atom is 0.279 e. The molecule has 0 radical (unpaired) electrons. The number of nitrogens with zero attached hydrogens (tertiary/aromatic N) is 3. The molecule has 7 nitrogen and oxygen atoms in total. The fourth-order valence-electron chi connectivity index (χ4n) is 1.50. The van der Waals surface area contributed by atoms with Gasteiger partial charge in [0.1, 0.15) is 17.3 Å². The summed E-state index contributed by atoms with van der Waals surface area (Å²) in [6.45, 7) is 0. The predicted octanol–water partition coefficient (Wildman–Crippen LogP) is 1.28. The zero-order chi connectivity index (χ0) is 12.6. The van der Waals surface area contributed by atoms with Gasteiger partial charge in [-0.05, 0) is 12.1 Å². The molecule has 3 N–H and O–H groups in total. The van der Waals surface area contributed by atoms with Gasteiger partial charge in [0.05, 0.1) is 10.5 Å². The molecule has 7 heteroatoms. The van der Waals surface area contributed by atoms with Crippen LogP contribution in [0.3, 0.4) is 0 Å². The van der Waals surface area contributed by atoms with Crippen LogP contribution in [0.2, 0.25) is 0 Å². The van der Waals surface area contributed by atoms with Gasteiger partial charge in [0.2, 0.25) is 0 Å². The number of nitrogens with two attached hydrogens (primary N) is 1. The number of phenols is 1. The van der Waals surface area contributed by atoms with Crippen LogP contribution in [0.1, 0.15) is 0 Å². The average Bonchev–Trinajstić information content (AvgIpc) is 2.58. The highest BCUT2D eigenvalue weighted by molar-refractivity contribution is 5.73. The minimum Gasteiger partial charge on any atom is -0.508 e. The smallest absolute Gasteiger partial charge is 0.279 e. The maximum atomic E-state index is 10.9. The van der Waals surface area contributed by atoms with E-state index < -0.39 is 4.92 Å². The van der Waals surface area contributed by atoms with Gasteiger partial charge in [0.25, 0.3) is 5.69 Å². The summed E-state index contributed by atoms with van der Waals surface area (Å²) in [5.74, 6) is 0.326. The maximum absolute atomic E-state index is 10.9. The van der Waals surface area contributed by atoms with Crippen molar-refractivity contribution in [2.45, 2.75) is 0 Å². The van der Waals surface area contributed by atoms with Crippen LogP contribution in [0.15, 0.2) is 24.3 Å². The number of nitrogen functional groups attached to an aromatic ring is 1. The molecule has 0 bridgehead atoms. The Labute approximate surface area is 96.2 Å². The van der Waals surface area contributed by atoms with E-state index in [1.165, 1.54) is 28.9 Å². The number of hydrogen-bond donors (Lipinski definition) is 2. The van der Waals surface area contributed by atoms with Gasteiger partial charge in [-0.2, -0.15) is 5.10 Å². The molecule has 0 unspecified atom stereocenters. The Balaban J connectivity index is 2.64. The van der Waals surface area contributed by atoms with Gasteiger partial charge in [0, 0.05) is 19.2 Å². The Kier molecular flexibility index (Phi) is 2.43. The van der Waals surface area contributed by atoms with Crippen LogP contribution in [-0.2, 0) is 7.05 Å². The van der Waals surface area contributed by atoms with Crippen LogP contribution >= 0.6 is 0 Å². The fraction of sp³-hybridized carbons (Fsp3) is 0.100. The van der Waals surface area contributed by atoms with Crippen LogP contribution in [-0.4, -0.2) is 19.8 Å². The number of aromatic nitrogens is 2. The van der Waals surface area contributed by atoms with Crippen molar-refractivity contribution in [1.82, 2.24) is 9.78 Å². The van der Waals surface area contributed by atoms with E-state index in [1.54, 1.807) is 7.05 Å². The Morgan fingerprint density at radius 1 is 1.47 bits per heavy atom. The van der Waals surface area contributed by atoms with E-state index in [0.29, 0.717) is 11.5 Å². The highest BCUT2D eigenvalue weighted by Gasteiger charge is 2.18. The highest BCUT2D eigenvalue weighted by atomic mass is 16.6. The number of rotatable bonds is 2. The Morgan fingerprint density at radius 3 is 2.71 bits per heavy atom. The van der Waals surface area contributed by atoms with E-state index >= 15 is 0 Å². The number of phenolic OH excluding ortho intramolecular Hbond substituents is 1. The van der Waals surface area contributed by atoms with Crippen molar-refractivity contribution < 1.29 is 10.0 Å². The van der Waals surface area contributed by atoms with Crippen LogP contribution in [0.4, 0.5) is 11.5 Å². The SMILES string of the molecule is Cn1nc(-c2cc(O)ccc2[N+](=O)[O-])cc1N. The molecular weight excluding hydrogens is 224 g/mol. The number of aromatic hydroxyl groups is 1. The molecule has 0 aliphatic carbocycles. The first-order valence-corrected chi connectivity index (χ1v) is 4.76. The average molecular weight is 234 g/mol. The van der Waals surface area contributed by atoms with Crippen LogP contribution in [0, 0.1) is 10.1 Å². The molecule has 1 aromatic heterocycles. The van der Waals surface area contributed by atoms with Crippen molar-refractivity contribution in [1.29, 1.82) is 0 Å². The molecule has 0 saturated heterocycles. The van der Waals surface area contributed by atoms with Crippen molar-refractivity contribution in [3.05, 3.63) is 34.4 Å². The van der Waals surface area contributed by atoms with Crippen molar-refractivity contribution in [2.24, 2.45) is 7.05 Å². The van der Waals surface area contributed by atoms with Gasteiger partial charge in [-0.1, -0.05) is 0 Å². The number of anilines is 1. The van der Waals surface area contributed by atoms with Gasteiger partial charge in [0.15, 0.2) is 0 Å². The fourth-order valence-corrected chi connectivity index (χ4v) is 1.50. The molecule has 0 saturated carbocycles. The normalized spacial score (nSPS) is 10.4. The first kappa shape index (κ1) is 10.9. The third kappa shape index (κ3) is 1.89. The zero-order valence-corrected chi connectivity index (χ0v) is 8.99. The van der Waals surface area contributed by atoms with Crippen LogP contribution < -0.4 is 5.73 Å². The molecule has 0 aliphatic rings.